The maximum Gasteiger partial charge on any atom is 0.128 e. The van der Waals surface area contributed by atoms with Crippen molar-refractivity contribution in [1.82, 2.24) is 19.9 Å². The van der Waals surface area contributed by atoms with Gasteiger partial charge in [-0.05, 0) is 13.0 Å². The fourth-order valence-electron chi connectivity index (χ4n) is 3.18. The molecule has 0 bridgehead atoms. The minimum atomic E-state index is 0.651. The van der Waals surface area contributed by atoms with Crippen LogP contribution in [0.25, 0.3) is 0 Å². The fourth-order valence-corrected chi connectivity index (χ4v) is 3.18. The van der Waals surface area contributed by atoms with E-state index in [0.29, 0.717) is 5.92 Å². The molecule has 1 aromatic rings. The first-order valence-electron chi connectivity index (χ1n) is 7.89. The highest BCUT2D eigenvalue weighted by atomic mass is 15.6. The molecule has 112 valence electrons. The van der Waals surface area contributed by atoms with Crippen molar-refractivity contribution in [2.45, 2.75) is 33.2 Å². The molecule has 2 aliphatic heterocycles. The van der Waals surface area contributed by atoms with E-state index < -0.39 is 0 Å². The lowest BCUT2D eigenvalue weighted by Crippen LogP contribution is -2.51. The quantitative estimate of drug-likeness (QED) is 0.878. The van der Waals surface area contributed by atoms with Gasteiger partial charge in [0.1, 0.15) is 5.82 Å². The fraction of sp³-hybridized carbons (Fsp3) is 0.800. The number of fused-ring (bicyclic) bond motifs is 1. The number of rotatable bonds is 3. The van der Waals surface area contributed by atoms with E-state index in [1.54, 1.807) is 0 Å². The lowest BCUT2D eigenvalue weighted by atomic mass is 10.1. The van der Waals surface area contributed by atoms with Crippen LogP contribution < -0.4 is 10.3 Å². The summed E-state index contributed by atoms with van der Waals surface area (Å²) in [6.45, 7) is 11.1. The van der Waals surface area contributed by atoms with Crippen LogP contribution in [0.1, 0.15) is 31.1 Å². The van der Waals surface area contributed by atoms with Gasteiger partial charge in [0.2, 0.25) is 0 Å². The van der Waals surface area contributed by atoms with Gasteiger partial charge in [-0.15, -0.1) is 0 Å². The third-order valence-electron chi connectivity index (χ3n) is 4.28. The van der Waals surface area contributed by atoms with E-state index in [1.165, 1.54) is 17.2 Å². The Morgan fingerprint density at radius 1 is 1.20 bits per heavy atom. The summed E-state index contributed by atoms with van der Waals surface area (Å²) in [5, 5.41) is 5.95. The zero-order valence-electron chi connectivity index (χ0n) is 13.0. The molecule has 0 spiro atoms. The highest BCUT2D eigenvalue weighted by molar-refractivity contribution is 5.23. The van der Waals surface area contributed by atoms with E-state index in [2.05, 4.69) is 40.8 Å². The highest BCUT2D eigenvalue weighted by Gasteiger charge is 2.25. The van der Waals surface area contributed by atoms with Crippen LogP contribution in [0, 0.1) is 5.92 Å². The average Bonchev–Trinajstić information content (AvgIpc) is 2.77. The third kappa shape index (κ3) is 2.69. The number of imidazole rings is 1. The second-order valence-electron chi connectivity index (χ2n) is 6.51. The van der Waals surface area contributed by atoms with Crippen molar-refractivity contribution in [3.63, 3.8) is 0 Å². The first-order chi connectivity index (χ1) is 9.65. The number of nitrogens with zero attached hydrogens (tertiary/aromatic N) is 4. The molecule has 1 fully saturated rings. The van der Waals surface area contributed by atoms with Gasteiger partial charge in [-0.3, -0.25) is 0 Å². The van der Waals surface area contributed by atoms with Crippen LogP contribution in [0.5, 0.6) is 0 Å². The Hall–Kier alpha value is -1.07. The summed E-state index contributed by atoms with van der Waals surface area (Å²) < 4.78 is 2.46. The summed E-state index contributed by atoms with van der Waals surface area (Å²) in [4.78, 5) is 7.34. The molecule has 0 atom stereocenters. The zero-order valence-corrected chi connectivity index (χ0v) is 13.0. The molecule has 0 unspecified atom stereocenters. The van der Waals surface area contributed by atoms with E-state index in [1.807, 2.05) is 0 Å². The van der Waals surface area contributed by atoms with Crippen LogP contribution in [0.4, 0.5) is 0 Å². The van der Waals surface area contributed by atoms with Gasteiger partial charge in [-0.25, -0.2) is 9.66 Å². The lowest BCUT2D eigenvalue weighted by molar-refractivity contribution is 0.283. The van der Waals surface area contributed by atoms with Crippen molar-refractivity contribution >= 4 is 0 Å². The Kier molecular flexibility index (Phi) is 3.98. The van der Waals surface area contributed by atoms with E-state index in [4.69, 9.17) is 4.98 Å². The first kappa shape index (κ1) is 13.9. The van der Waals surface area contributed by atoms with Crippen molar-refractivity contribution in [2.75, 3.05) is 44.8 Å². The molecule has 2 aliphatic rings. The maximum atomic E-state index is 4.93. The minimum Gasteiger partial charge on any atom is -0.311 e. The molecule has 1 N–H and O–H groups in total. The number of piperazine rings is 1. The molecule has 1 saturated heterocycles. The minimum absolute atomic E-state index is 0.651. The van der Waals surface area contributed by atoms with Crippen LogP contribution >= 0.6 is 0 Å². The van der Waals surface area contributed by atoms with Crippen LogP contribution in [-0.2, 0) is 19.4 Å². The normalized spacial score (nSPS) is 20.5. The predicted octanol–water partition coefficient (Wildman–Crippen LogP) is 0.611. The molecule has 0 radical (unpaired) electrons. The molecule has 20 heavy (non-hydrogen) atoms. The molecule has 3 rings (SSSR count). The number of aromatic nitrogens is 2. The molecule has 5 nitrogen and oxygen atoms in total. The molecular formula is C15H27N5. The molecular weight excluding hydrogens is 250 g/mol. The summed E-state index contributed by atoms with van der Waals surface area (Å²) in [7, 11) is 2.21. The summed E-state index contributed by atoms with van der Waals surface area (Å²) in [6, 6.07) is 0. The summed E-state index contributed by atoms with van der Waals surface area (Å²) in [5.74, 6) is 1.91. The van der Waals surface area contributed by atoms with Crippen LogP contribution in [-0.4, -0.2) is 54.3 Å². The predicted molar refractivity (Wildman–Crippen MR) is 81.6 cm³/mol. The van der Waals surface area contributed by atoms with Crippen LogP contribution in [0.3, 0.4) is 0 Å². The smallest absolute Gasteiger partial charge is 0.128 e. The molecule has 0 amide bonds. The van der Waals surface area contributed by atoms with Crippen molar-refractivity contribution in [2.24, 2.45) is 5.92 Å². The van der Waals surface area contributed by atoms with Gasteiger partial charge in [0.05, 0.1) is 11.4 Å². The topological polar surface area (TPSA) is 36.3 Å². The second-order valence-corrected chi connectivity index (χ2v) is 6.51. The molecule has 3 heterocycles. The van der Waals surface area contributed by atoms with E-state index in [9.17, 15) is 0 Å². The second kappa shape index (κ2) is 5.74. The van der Waals surface area contributed by atoms with Crippen LogP contribution in [0.15, 0.2) is 0 Å². The summed E-state index contributed by atoms with van der Waals surface area (Å²) in [6.07, 6.45) is 2.17. The van der Waals surface area contributed by atoms with Gasteiger partial charge in [-0.1, -0.05) is 13.8 Å². The van der Waals surface area contributed by atoms with E-state index in [-0.39, 0.29) is 0 Å². The Morgan fingerprint density at radius 3 is 2.65 bits per heavy atom. The monoisotopic (exact) mass is 277 g/mol. The molecule has 5 heteroatoms. The Labute approximate surface area is 121 Å². The summed E-state index contributed by atoms with van der Waals surface area (Å²) >= 11 is 0. The Morgan fingerprint density at radius 2 is 1.95 bits per heavy atom. The van der Waals surface area contributed by atoms with Crippen molar-refractivity contribution in [1.29, 1.82) is 0 Å². The zero-order chi connectivity index (χ0) is 14.1. The van der Waals surface area contributed by atoms with E-state index in [0.717, 1.165) is 52.1 Å². The first-order valence-corrected chi connectivity index (χ1v) is 7.89. The van der Waals surface area contributed by atoms with Crippen LogP contribution in [0.2, 0.25) is 0 Å². The van der Waals surface area contributed by atoms with Gasteiger partial charge < -0.3 is 15.2 Å². The molecule has 1 aromatic heterocycles. The van der Waals surface area contributed by atoms with Crippen molar-refractivity contribution < 1.29 is 0 Å². The summed E-state index contributed by atoms with van der Waals surface area (Å²) in [5.41, 5.74) is 2.72. The van der Waals surface area contributed by atoms with Gasteiger partial charge in [0, 0.05) is 52.1 Å². The van der Waals surface area contributed by atoms with Gasteiger partial charge in [-0.2, -0.15) is 0 Å². The third-order valence-corrected chi connectivity index (χ3v) is 4.28. The lowest BCUT2D eigenvalue weighted by Gasteiger charge is -2.37. The molecule has 0 aromatic carbocycles. The largest absolute Gasteiger partial charge is 0.311 e. The number of hydrogen-bond donors (Lipinski definition) is 1. The van der Waals surface area contributed by atoms with E-state index >= 15 is 0 Å². The Bertz CT molecular complexity index is 457. The maximum absolute atomic E-state index is 4.93. The van der Waals surface area contributed by atoms with Crippen molar-refractivity contribution in [3.8, 4) is 0 Å². The van der Waals surface area contributed by atoms with Gasteiger partial charge >= 0.3 is 0 Å². The number of hydrogen-bond acceptors (Lipinski definition) is 4. The van der Waals surface area contributed by atoms with Gasteiger partial charge in [0.25, 0.3) is 0 Å². The highest BCUT2D eigenvalue weighted by Crippen LogP contribution is 2.19. The Balaban J connectivity index is 1.91. The molecule has 0 aliphatic carbocycles. The van der Waals surface area contributed by atoms with Gasteiger partial charge in [0.15, 0.2) is 0 Å². The molecule has 0 saturated carbocycles. The SMILES string of the molecule is CC(C)Cc1nc2c(n1N1CCN(C)CC1)CCNC2. The number of nitrogens with one attached hydrogen (secondary N) is 1. The standard InChI is InChI=1S/C15H27N5/c1-12(2)10-15-17-13-11-16-5-4-14(13)20(15)19-8-6-18(3)7-9-19/h12,16H,4-11H2,1-3H3. The number of likely N-dealkylation sites (N-methyl/N-ethyl adjacent to an activating group) is 1. The average molecular weight is 277 g/mol. The van der Waals surface area contributed by atoms with Crippen molar-refractivity contribution in [3.05, 3.63) is 17.2 Å².